The predicted molar refractivity (Wildman–Crippen MR) is 41.4 cm³/mol. The van der Waals surface area contributed by atoms with E-state index in [0.717, 1.165) is 0 Å². The van der Waals surface area contributed by atoms with E-state index in [4.69, 9.17) is 4.74 Å². The predicted octanol–water partition coefficient (Wildman–Crippen LogP) is 0.0449. The van der Waals surface area contributed by atoms with Crippen LogP contribution in [0.3, 0.4) is 0 Å². The molecule has 4 heteroatoms. The first kappa shape index (κ1) is 8.33. The summed E-state index contributed by atoms with van der Waals surface area (Å²) < 4.78 is 4.99. The van der Waals surface area contributed by atoms with Gasteiger partial charge in [-0.25, -0.2) is 4.79 Å². The van der Waals surface area contributed by atoms with E-state index in [1.807, 2.05) is 25.9 Å². The maximum Gasteiger partial charge on any atom is 0.407 e. The van der Waals surface area contributed by atoms with Crippen molar-refractivity contribution in [1.82, 2.24) is 10.2 Å². The zero-order valence-corrected chi connectivity index (χ0v) is 7.13. The van der Waals surface area contributed by atoms with Crippen LogP contribution in [0, 0.1) is 0 Å². The monoisotopic (exact) mass is 158 g/mol. The Hall–Kier alpha value is -0.770. The molecular formula is C7H14N2O2. The molecule has 0 aromatic heterocycles. The minimum Gasteiger partial charge on any atom is -0.443 e. The van der Waals surface area contributed by atoms with Gasteiger partial charge in [0.1, 0.15) is 6.10 Å². The number of amides is 1. The Kier molecular flexibility index (Phi) is 2.34. The van der Waals surface area contributed by atoms with Gasteiger partial charge < -0.3 is 15.0 Å². The summed E-state index contributed by atoms with van der Waals surface area (Å²) in [6, 6.07) is 0.272. The van der Waals surface area contributed by atoms with E-state index in [1.54, 1.807) is 0 Å². The summed E-state index contributed by atoms with van der Waals surface area (Å²) in [6.07, 6.45) is -0.304. The van der Waals surface area contributed by atoms with E-state index in [-0.39, 0.29) is 18.2 Å². The Morgan fingerprint density at radius 2 is 2.36 bits per heavy atom. The summed E-state index contributed by atoms with van der Waals surface area (Å²) >= 11 is 0. The van der Waals surface area contributed by atoms with Crippen LogP contribution in [0.4, 0.5) is 4.79 Å². The average Bonchev–Trinajstić information content (AvgIpc) is 2.34. The lowest BCUT2D eigenvalue weighted by Gasteiger charge is -2.23. The van der Waals surface area contributed by atoms with Crippen LogP contribution in [0.25, 0.3) is 0 Å². The Morgan fingerprint density at radius 3 is 2.73 bits per heavy atom. The number of carbonyl (C=O) groups is 1. The van der Waals surface area contributed by atoms with Crippen molar-refractivity contribution in [3.05, 3.63) is 0 Å². The first-order valence-electron chi connectivity index (χ1n) is 3.72. The molecule has 1 aliphatic rings. The van der Waals surface area contributed by atoms with Crippen LogP contribution < -0.4 is 5.32 Å². The number of nitrogens with zero attached hydrogens (tertiary/aromatic N) is 1. The van der Waals surface area contributed by atoms with Crippen molar-refractivity contribution in [2.24, 2.45) is 0 Å². The van der Waals surface area contributed by atoms with E-state index in [0.29, 0.717) is 6.54 Å². The van der Waals surface area contributed by atoms with Crippen LogP contribution >= 0.6 is 0 Å². The number of nitrogens with one attached hydrogen (secondary N) is 1. The highest BCUT2D eigenvalue weighted by Crippen LogP contribution is 2.08. The van der Waals surface area contributed by atoms with Crippen LogP contribution in [-0.2, 0) is 4.74 Å². The molecule has 0 aromatic rings. The molecule has 2 atom stereocenters. The van der Waals surface area contributed by atoms with Gasteiger partial charge in [0.2, 0.25) is 0 Å². The molecule has 0 spiro atoms. The summed E-state index contributed by atoms with van der Waals surface area (Å²) in [7, 11) is 3.94. The van der Waals surface area contributed by atoms with E-state index in [9.17, 15) is 4.79 Å². The quantitative estimate of drug-likeness (QED) is 0.617. The standard InChI is InChI=1S/C7H14N2O2/c1-5(9(2)3)6-4-8-7(10)11-6/h5-6H,4H2,1-3H3,(H,8,10). The topological polar surface area (TPSA) is 41.6 Å². The van der Waals surface area contributed by atoms with Gasteiger partial charge in [-0.05, 0) is 21.0 Å². The third-order valence-electron chi connectivity index (χ3n) is 2.06. The van der Waals surface area contributed by atoms with Crippen LogP contribution in [0.1, 0.15) is 6.92 Å². The molecule has 11 heavy (non-hydrogen) atoms. The summed E-state index contributed by atoms with van der Waals surface area (Å²) in [5, 5.41) is 2.62. The molecule has 64 valence electrons. The number of rotatable bonds is 2. The van der Waals surface area contributed by atoms with Crippen molar-refractivity contribution in [1.29, 1.82) is 0 Å². The van der Waals surface area contributed by atoms with Crippen molar-refractivity contribution in [3.8, 4) is 0 Å². The molecule has 1 aliphatic heterocycles. The van der Waals surface area contributed by atoms with E-state index in [2.05, 4.69) is 5.32 Å². The highest BCUT2D eigenvalue weighted by atomic mass is 16.6. The molecule has 1 saturated heterocycles. The van der Waals surface area contributed by atoms with Crippen molar-refractivity contribution in [3.63, 3.8) is 0 Å². The second kappa shape index (κ2) is 3.09. The highest BCUT2D eigenvalue weighted by molar-refractivity contribution is 5.69. The van der Waals surface area contributed by atoms with Crippen LogP contribution in [0.15, 0.2) is 0 Å². The third-order valence-corrected chi connectivity index (χ3v) is 2.06. The average molecular weight is 158 g/mol. The Morgan fingerprint density at radius 1 is 1.73 bits per heavy atom. The Balaban J connectivity index is 2.43. The minimum atomic E-state index is -0.302. The lowest BCUT2D eigenvalue weighted by atomic mass is 10.2. The van der Waals surface area contributed by atoms with Gasteiger partial charge in [0.25, 0.3) is 0 Å². The zero-order valence-electron chi connectivity index (χ0n) is 7.13. The fraction of sp³-hybridized carbons (Fsp3) is 0.857. The van der Waals surface area contributed by atoms with Gasteiger partial charge in [-0.1, -0.05) is 0 Å². The lowest BCUT2D eigenvalue weighted by Crippen LogP contribution is -2.38. The van der Waals surface area contributed by atoms with E-state index in [1.165, 1.54) is 0 Å². The normalized spacial score (nSPS) is 26.5. The fourth-order valence-corrected chi connectivity index (χ4v) is 1.01. The molecule has 1 heterocycles. The van der Waals surface area contributed by atoms with Crippen molar-refractivity contribution < 1.29 is 9.53 Å². The molecule has 2 unspecified atom stereocenters. The van der Waals surface area contributed by atoms with Crippen LogP contribution in [-0.4, -0.2) is 43.8 Å². The molecular weight excluding hydrogens is 144 g/mol. The molecule has 0 aliphatic carbocycles. The zero-order chi connectivity index (χ0) is 8.43. The Labute approximate surface area is 66.5 Å². The van der Waals surface area contributed by atoms with Gasteiger partial charge in [0, 0.05) is 6.04 Å². The van der Waals surface area contributed by atoms with Crippen molar-refractivity contribution >= 4 is 6.09 Å². The second-order valence-electron chi connectivity index (χ2n) is 3.03. The molecule has 0 bridgehead atoms. The van der Waals surface area contributed by atoms with Gasteiger partial charge in [0.05, 0.1) is 6.54 Å². The lowest BCUT2D eigenvalue weighted by molar-refractivity contribution is 0.0894. The van der Waals surface area contributed by atoms with E-state index >= 15 is 0 Å². The van der Waals surface area contributed by atoms with Gasteiger partial charge in [-0.3, -0.25) is 0 Å². The van der Waals surface area contributed by atoms with Crippen LogP contribution in [0.5, 0.6) is 0 Å². The smallest absolute Gasteiger partial charge is 0.407 e. The second-order valence-corrected chi connectivity index (χ2v) is 3.03. The molecule has 0 aromatic carbocycles. The van der Waals surface area contributed by atoms with Gasteiger partial charge >= 0.3 is 6.09 Å². The number of alkyl carbamates (subject to hydrolysis) is 1. The largest absolute Gasteiger partial charge is 0.443 e. The van der Waals surface area contributed by atoms with Gasteiger partial charge in [-0.2, -0.15) is 0 Å². The number of cyclic esters (lactones) is 1. The first-order valence-corrected chi connectivity index (χ1v) is 3.72. The van der Waals surface area contributed by atoms with Crippen molar-refractivity contribution in [2.75, 3.05) is 20.6 Å². The molecule has 0 radical (unpaired) electrons. The molecule has 1 N–H and O–H groups in total. The summed E-state index contributed by atoms with van der Waals surface area (Å²) in [6.45, 7) is 2.66. The third kappa shape index (κ3) is 1.83. The molecule has 0 saturated carbocycles. The summed E-state index contributed by atoms with van der Waals surface area (Å²) in [4.78, 5) is 12.7. The number of ether oxygens (including phenoxy) is 1. The number of hydrogen-bond donors (Lipinski definition) is 1. The van der Waals surface area contributed by atoms with Gasteiger partial charge in [-0.15, -0.1) is 0 Å². The molecule has 1 rings (SSSR count). The number of hydrogen-bond acceptors (Lipinski definition) is 3. The van der Waals surface area contributed by atoms with E-state index < -0.39 is 0 Å². The van der Waals surface area contributed by atoms with Crippen molar-refractivity contribution in [2.45, 2.75) is 19.1 Å². The maximum atomic E-state index is 10.6. The highest BCUT2D eigenvalue weighted by Gasteiger charge is 2.28. The van der Waals surface area contributed by atoms with Crippen LogP contribution in [0.2, 0.25) is 0 Å². The first-order chi connectivity index (χ1) is 5.11. The summed E-state index contributed by atoms with van der Waals surface area (Å²) in [5.74, 6) is 0. The SMILES string of the molecule is CC(C1CNC(=O)O1)N(C)C. The molecule has 1 fully saturated rings. The summed E-state index contributed by atoms with van der Waals surface area (Å²) in [5.41, 5.74) is 0. The molecule has 1 amide bonds. The van der Waals surface area contributed by atoms with Gasteiger partial charge in [0.15, 0.2) is 0 Å². The maximum absolute atomic E-state index is 10.6. The number of likely N-dealkylation sites (N-methyl/N-ethyl adjacent to an activating group) is 1. The minimum absolute atomic E-state index is 0.00231. The Bertz CT molecular complexity index is 159. The molecule has 4 nitrogen and oxygen atoms in total. The number of carbonyl (C=O) groups excluding carboxylic acids is 1. The fourth-order valence-electron chi connectivity index (χ4n) is 1.01.